The molecule has 3 saturated heterocycles. The predicted octanol–water partition coefficient (Wildman–Crippen LogP) is 0.851. The van der Waals surface area contributed by atoms with Crippen LogP contribution in [0, 0.1) is 5.92 Å². The number of piperidine rings is 1. The van der Waals surface area contributed by atoms with Gasteiger partial charge in [0.2, 0.25) is 5.91 Å². The Morgan fingerprint density at radius 3 is 2.68 bits per heavy atom. The van der Waals surface area contributed by atoms with Crippen molar-refractivity contribution in [3.8, 4) is 0 Å². The van der Waals surface area contributed by atoms with E-state index in [1.807, 2.05) is 4.90 Å². The second-order valence-corrected chi connectivity index (χ2v) is 8.02. The molecule has 2 amide bonds. The minimum absolute atomic E-state index is 0.0124. The lowest BCUT2D eigenvalue weighted by molar-refractivity contribution is -0.206. The predicted molar refractivity (Wildman–Crippen MR) is 88.3 cm³/mol. The van der Waals surface area contributed by atoms with Crippen LogP contribution in [0.4, 0.5) is 0 Å². The summed E-state index contributed by atoms with van der Waals surface area (Å²) in [5.74, 6) is 0.267. The van der Waals surface area contributed by atoms with E-state index >= 15 is 0 Å². The number of rotatable bonds is 3. The van der Waals surface area contributed by atoms with Gasteiger partial charge in [-0.2, -0.15) is 0 Å². The number of fused-ring (bicyclic) bond motifs is 1. The van der Waals surface area contributed by atoms with Gasteiger partial charge >= 0.3 is 0 Å². The maximum Gasteiger partial charge on any atom is 0.275 e. The zero-order valence-corrected chi connectivity index (χ0v) is 14.7. The van der Waals surface area contributed by atoms with Crippen LogP contribution in [0.1, 0.15) is 51.4 Å². The molecule has 3 atom stereocenters. The van der Waals surface area contributed by atoms with Crippen molar-refractivity contribution in [1.29, 1.82) is 0 Å². The van der Waals surface area contributed by atoms with E-state index in [2.05, 4.69) is 0 Å². The highest BCUT2D eigenvalue weighted by Gasteiger charge is 2.45. The van der Waals surface area contributed by atoms with E-state index in [0.717, 1.165) is 44.9 Å². The third-order valence-electron chi connectivity index (χ3n) is 6.19. The Kier molecular flexibility index (Phi) is 4.73. The van der Waals surface area contributed by atoms with Gasteiger partial charge < -0.3 is 14.7 Å². The van der Waals surface area contributed by atoms with Crippen molar-refractivity contribution in [1.82, 2.24) is 9.96 Å². The molecule has 1 saturated carbocycles. The molecule has 0 unspecified atom stereocenters. The molecule has 3 aliphatic heterocycles. The van der Waals surface area contributed by atoms with Gasteiger partial charge in [-0.3, -0.25) is 14.4 Å². The number of amides is 2. The Balaban J connectivity index is 1.31. The summed E-state index contributed by atoms with van der Waals surface area (Å²) in [6, 6.07) is 0. The smallest absolute Gasteiger partial charge is 0.275 e. The van der Waals surface area contributed by atoms with E-state index in [9.17, 15) is 14.7 Å². The number of hydroxylamine groups is 2. The highest BCUT2D eigenvalue weighted by Crippen LogP contribution is 2.37. The summed E-state index contributed by atoms with van der Waals surface area (Å²) in [4.78, 5) is 32.3. The molecular formula is C18H28N2O5. The summed E-state index contributed by atoms with van der Waals surface area (Å²) < 4.78 is 6.00. The first-order chi connectivity index (χ1) is 12.0. The van der Waals surface area contributed by atoms with Gasteiger partial charge in [0, 0.05) is 19.6 Å². The van der Waals surface area contributed by atoms with E-state index in [0.29, 0.717) is 32.2 Å². The minimum Gasteiger partial charge on any atom is -0.389 e. The van der Waals surface area contributed by atoms with E-state index in [4.69, 9.17) is 9.57 Å². The van der Waals surface area contributed by atoms with Gasteiger partial charge in [-0.15, -0.1) is 0 Å². The average Bonchev–Trinajstić information content (AvgIpc) is 3.03. The first-order valence-electron chi connectivity index (χ1n) is 9.64. The SMILES string of the molecule is O=C(CC1(O)CCC1)N1CC[C@H]2C[C@@H](C(=O)N3CCCCO3)O[C@@H]2C1. The lowest BCUT2D eigenvalue weighted by Crippen LogP contribution is -2.49. The molecule has 140 valence electrons. The molecule has 1 aliphatic carbocycles. The lowest BCUT2D eigenvalue weighted by Gasteiger charge is -2.40. The van der Waals surface area contributed by atoms with Crippen molar-refractivity contribution in [3.05, 3.63) is 0 Å². The molecule has 0 aromatic carbocycles. The summed E-state index contributed by atoms with van der Waals surface area (Å²) in [6.07, 6.45) is 5.68. The molecule has 0 bridgehead atoms. The average molecular weight is 352 g/mol. The molecule has 25 heavy (non-hydrogen) atoms. The molecule has 0 aromatic rings. The number of nitrogens with zero attached hydrogens (tertiary/aromatic N) is 2. The highest BCUT2D eigenvalue weighted by atomic mass is 16.7. The zero-order chi connectivity index (χ0) is 17.4. The van der Waals surface area contributed by atoms with Crippen molar-refractivity contribution < 1.29 is 24.3 Å². The van der Waals surface area contributed by atoms with Crippen LogP contribution < -0.4 is 0 Å². The molecule has 4 aliphatic rings. The normalized spacial score (nSPS) is 34.4. The maximum atomic E-state index is 12.6. The molecular weight excluding hydrogens is 324 g/mol. The van der Waals surface area contributed by atoms with Crippen LogP contribution in [0.25, 0.3) is 0 Å². The third-order valence-corrected chi connectivity index (χ3v) is 6.19. The number of likely N-dealkylation sites (tertiary alicyclic amines) is 1. The second-order valence-electron chi connectivity index (χ2n) is 8.02. The van der Waals surface area contributed by atoms with Gasteiger partial charge in [-0.25, -0.2) is 5.06 Å². The van der Waals surface area contributed by atoms with Crippen LogP contribution in [0.2, 0.25) is 0 Å². The molecule has 4 fully saturated rings. The minimum atomic E-state index is -0.783. The number of aliphatic hydroxyl groups is 1. The number of hydrogen-bond acceptors (Lipinski definition) is 5. The maximum absolute atomic E-state index is 12.6. The monoisotopic (exact) mass is 352 g/mol. The highest BCUT2D eigenvalue weighted by molar-refractivity contribution is 5.80. The molecule has 3 heterocycles. The topological polar surface area (TPSA) is 79.3 Å². The van der Waals surface area contributed by atoms with E-state index < -0.39 is 11.7 Å². The second kappa shape index (κ2) is 6.85. The number of carbonyl (C=O) groups excluding carboxylic acids is 2. The van der Waals surface area contributed by atoms with Gasteiger partial charge in [0.05, 0.1) is 24.7 Å². The van der Waals surface area contributed by atoms with Crippen molar-refractivity contribution in [3.63, 3.8) is 0 Å². The lowest BCUT2D eigenvalue weighted by atomic mass is 9.77. The van der Waals surface area contributed by atoms with Crippen molar-refractivity contribution in [2.75, 3.05) is 26.2 Å². The first kappa shape index (κ1) is 17.2. The molecule has 7 nitrogen and oxygen atoms in total. The van der Waals surface area contributed by atoms with Crippen molar-refractivity contribution >= 4 is 11.8 Å². The van der Waals surface area contributed by atoms with Crippen LogP contribution in [-0.4, -0.2) is 70.9 Å². The molecule has 7 heteroatoms. The first-order valence-corrected chi connectivity index (χ1v) is 9.64. The number of hydrogen-bond donors (Lipinski definition) is 1. The van der Waals surface area contributed by atoms with Crippen LogP contribution in [0.3, 0.4) is 0 Å². The zero-order valence-electron chi connectivity index (χ0n) is 14.7. The fourth-order valence-corrected chi connectivity index (χ4v) is 4.40. The van der Waals surface area contributed by atoms with Gasteiger partial charge in [0.15, 0.2) is 0 Å². The largest absolute Gasteiger partial charge is 0.389 e. The molecule has 1 N–H and O–H groups in total. The molecule has 0 radical (unpaired) electrons. The Hall–Kier alpha value is -1.18. The summed E-state index contributed by atoms with van der Waals surface area (Å²) >= 11 is 0. The third kappa shape index (κ3) is 3.55. The molecule has 0 aromatic heterocycles. The number of ether oxygens (including phenoxy) is 1. The van der Waals surface area contributed by atoms with Gasteiger partial charge in [0.25, 0.3) is 5.91 Å². The Morgan fingerprint density at radius 1 is 1.16 bits per heavy atom. The fourth-order valence-electron chi connectivity index (χ4n) is 4.40. The summed E-state index contributed by atoms with van der Waals surface area (Å²) in [5.41, 5.74) is -0.783. The summed E-state index contributed by atoms with van der Waals surface area (Å²) in [5, 5.41) is 11.7. The van der Waals surface area contributed by atoms with Crippen molar-refractivity contribution in [2.24, 2.45) is 5.92 Å². The number of carbonyl (C=O) groups is 2. The van der Waals surface area contributed by atoms with Crippen LogP contribution in [0.5, 0.6) is 0 Å². The summed E-state index contributed by atoms with van der Waals surface area (Å²) in [7, 11) is 0. The van der Waals surface area contributed by atoms with Crippen molar-refractivity contribution in [2.45, 2.75) is 69.2 Å². The quantitative estimate of drug-likeness (QED) is 0.815. The van der Waals surface area contributed by atoms with Gasteiger partial charge in [0.1, 0.15) is 6.10 Å². The van der Waals surface area contributed by atoms with Crippen LogP contribution in [-0.2, 0) is 19.2 Å². The Bertz CT molecular complexity index is 530. The van der Waals surface area contributed by atoms with E-state index in [-0.39, 0.29) is 24.3 Å². The van der Waals surface area contributed by atoms with Gasteiger partial charge in [-0.1, -0.05) is 0 Å². The Morgan fingerprint density at radius 2 is 2.00 bits per heavy atom. The Labute approximate surface area is 148 Å². The molecule has 4 rings (SSSR count). The van der Waals surface area contributed by atoms with Gasteiger partial charge in [-0.05, 0) is 50.9 Å². The summed E-state index contributed by atoms with van der Waals surface area (Å²) in [6.45, 7) is 2.46. The fraction of sp³-hybridized carbons (Fsp3) is 0.889. The molecule has 0 spiro atoms. The van der Waals surface area contributed by atoms with Crippen LogP contribution in [0.15, 0.2) is 0 Å². The van der Waals surface area contributed by atoms with Crippen LogP contribution >= 0.6 is 0 Å². The van der Waals surface area contributed by atoms with E-state index in [1.54, 1.807) is 0 Å². The van der Waals surface area contributed by atoms with E-state index in [1.165, 1.54) is 5.06 Å². The standard InChI is InChI=1S/C18H28N2O5/c21-16(11-18(23)5-3-6-18)19-8-4-13-10-14(25-15(13)12-19)17(22)20-7-1-2-9-24-20/h13-15,23H,1-12H2/t13-,14-,15+/m0/s1.